The van der Waals surface area contributed by atoms with Crippen LogP contribution < -0.4 is 20.9 Å². The maximum atomic E-state index is 12.8. The van der Waals surface area contributed by atoms with Gasteiger partial charge in [0.25, 0.3) is 0 Å². The van der Waals surface area contributed by atoms with Gasteiger partial charge >= 0.3 is 6.03 Å². The smallest absolute Gasteiger partial charge is 0.315 e. The van der Waals surface area contributed by atoms with Crippen LogP contribution in [0.3, 0.4) is 0 Å². The summed E-state index contributed by atoms with van der Waals surface area (Å²) in [5, 5.41) is 8.63. The molecule has 0 unspecified atom stereocenters. The average Bonchev–Trinajstić information content (AvgIpc) is 3.17. The van der Waals surface area contributed by atoms with Gasteiger partial charge in [-0.05, 0) is 37.5 Å². The van der Waals surface area contributed by atoms with Crippen molar-refractivity contribution < 1.29 is 14.3 Å². The lowest BCUT2D eigenvalue weighted by molar-refractivity contribution is -0.127. The first kappa shape index (κ1) is 19.5. The van der Waals surface area contributed by atoms with Crippen LogP contribution in [0.25, 0.3) is 0 Å². The third-order valence-corrected chi connectivity index (χ3v) is 5.35. The number of urea groups is 1. The maximum absolute atomic E-state index is 12.8. The Morgan fingerprint density at radius 1 is 1.07 bits per heavy atom. The summed E-state index contributed by atoms with van der Waals surface area (Å²) in [5.41, 5.74) is 1.44. The minimum Gasteiger partial charge on any atom is -0.378 e. The Balaban J connectivity index is 1.56. The molecule has 1 saturated carbocycles. The van der Waals surface area contributed by atoms with Crippen molar-refractivity contribution >= 4 is 17.6 Å². The standard InChI is InChI=1S/C20H30N4O3/c1-2-21-19(26)23-20(9-3-4-10-20)18(25)22-15-16-5-7-17(8-6-16)24-11-13-27-14-12-24/h5-8H,2-4,9-15H2,1H3,(H,22,25)(H2,21,23,26). The van der Waals surface area contributed by atoms with Crippen LogP contribution in [0.4, 0.5) is 10.5 Å². The Hall–Kier alpha value is -2.28. The number of nitrogens with one attached hydrogen (secondary N) is 3. The molecular formula is C20H30N4O3. The normalized spacial score (nSPS) is 18.8. The molecule has 3 N–H and O–H groups in total. The monoisotopic (exact) mass is 374 g/mol. The van der Waals surface area contributed by atoms with Crippen molar-refractivity contribution in [2.24, 2.45) is 0 Å². The van der Waals surface area contributed by atoms with Gasteiger partial charge in [-0.2, -0.15) is 0 Å². The van der Waals surface area contributed by atoms with E-state index < -0.39 is 5.54 Å². The van der Waals surface area contributed by atoms with Gasteiger partial charge in [0.15, 0.2) is 0 Å². The summed E-state index contributed by atoms with van der Waals surface area (Å²) in [4.78, 5) is 27.1. The van der Waals surface area contributed by atoms with Gasteiger partial charge in [0.2, 0.25) is 5.91 Å². The lowest BCUT2D eigenvalue weighted by Crippen LogP contribution is -2.59. The van der Waals surface area contributed by atoms with E-state index in [4.69, 9.17) is 4.74 Å². The highest BCUT2D eigenvalue weighted by Gasteiger charge is 2.42. The summed E-state index contributed by atoms with van der Waals surface area (Å²) in [7, 11) is 0. The summed E-state index contributed by atoms with van der Waals surface area (Å²) in [6.45, 7) is 6.20. The first-order valence-corrected chi connectivity index (χ1v) is 9.89. The van der Waals surface area contributed by atoms with Crippen molar-refractivity contribution in [3.63, 3.8) is 0 Å². The Bertz CT molecular complexity index is 635. The van der Waals surface area contributed by atoms with E-state index in [0.29, 0.717) is 25.9 Å². The van der Waals surface area contributed by atoms with E-state index in [1.807, 2.05) is 19.1 Å². The number of rotatable bonds is 6. The van der Waals surface area contributed by atoms with Gasteiger partial charge in [0.1, 0.15) is 5.54 Å². The van der Waals surface area contributed by atoms with E-state index in [1.165, 1.54) is 5.69 Å². The number of ether oxygens (including phenoxy) is 1. The SMILES string of the molecule is CCNC(=O)NC1(C(=O)NCc2ccc(N3CCOCC3)cc2)CCCC1. The third kappa shape index (κ3) is 4.91. The number of hydrogen-bond acceptors (Lipinski definition) is 4. The van der Waals surface area contributed by atoms with Crippen molar-refractivity contribution in [2.45, 2.75) is 44.7 Å². The summed E-state index contributed by atoms with van der Waals surface area (Å²) in [6.07, 6.45) is 3.28. The van der Waals surface area contributed by atoms with Crippen molar-refractivity contribution in [1.29, 1.82) is 0 Å². The molecule has 1 heterocycles. The second-order valence-corrected chi connectivity index (χ2v) is 7.22. The molecule has 1 saturated heterocycles. The van der Waals surface area contributed by atoms with Crippen molar-refractivity contribution in [2.75, 3.05) is 37.7 Å². The number of carbonyl (C=O) groups excluding carboxylic acids is 2. The quantitative estimate of drug-likeness (QED) is 0.709. The molecular weight excluding hydrogens is 344 g/mol. The van der Waals surface area contributed by atoms with Gasteiger partial charge in [0, 0.05) is 31.9 Å². The van der Waals surface area contributed by atoms with E-state index in [2.05, 4.69) is 33.0 Å². The second-order valence-electron chi connectivity index (χ2n) is 7.22. The van der Waals surface area contributed by atoms with Crippen molar-refractivity contribution in [1.82, 2.24) is 16.0 Å². The lowest BCUT2D eigenvalue weighted by Gasteiger charge is -2.29. The summed E-state index contributed by atoms with van der Waals surface area (Å²) in [6, 6.07) is 7.99. The maximum Gasteiger partial charge on any atom is 0.315 e. The lowest BCUT2D eigenvalue weighted by atomic mass is 9.96. The third-order valence-electron chi connectivity index (χ3n) is 5.35. The Morgan fingerprint density at radius 3 is 2.37 bits per heavy atom. The molecule has 0 atom stereocenters. The van der Waals surface area contributed by atoms with Crippen LogP contribution in [0.2, 0.25) is 0 Å². The minimum absolute atomic E-state index is 0.0940. The molecule has 2 fully saturated rings. The molecule has 7 nitrogen and oxygen atoms in total. The molecule has 3 rings (SSSR count). The molecule has 1 aromatic carbocycles. The van der Waals surface area contributed by atoms with E-state index in [-0.39, 0.29) is 11.9 Å². The fourth-order valence-electron chi connectivity index (χ4n) is 3.81. The fraction of sp³-hybridized carbons (Fsp3) is 0.600. The number of nitrogens with zero attached hydrogens (tertiary/aromatic N) is 1. The van der Waals surface area contributed by atoms with Gasteiger partial charge in [-0.15, -0.1) is 0 Å². The highest BCUT2D eigenvalue weighted by molar-refractivity contribution is 5.91. The first-order chi connectivity index (χ1) is 13.1. The molecule has 1 aromatic rings. The molecule has 0 spiro atoms. The predicted molar refractivity (Wildman–Crippen MR) is 105 cm³/mol. The first-order valence-electron chi connectivity index (χ1n) is 9.89. The molecule has 2 aliphatic rings. The zero-order valence-electron chi connectivity index (χ0n) is 16.1. The number of amides is 3. The van der Waals surface area contributed by atoms with Crippen LogP contribution in [0.15, 0.2) is 24.3 Å². The number of benzene rings is 1. The van der Waals surface area contributed by atoms with Gasteiger partial charge < -0.3 is 25.6 Å². The molecule has 0 aromatic heterocycles. The summed E-state index contributed by atoms with van der Waals surface area (Å²) >= 11 is 0. The molecule has 1 aliphatic heterocycles. The largest absolute Gasteiger partial charge is 0.378 e. The molecule has 1 aliphatic carbocycles. The van der Waals surface area contributed by atoms with Gasteiger partial charge in [-0.3, -0.25) is 4.79 Å². The topological polar surface area (TPSA) is 82.7 Å². The molecule has 148 valence electrons. The zero-order valence-corrected chi connectivity index (χ0v) is 16.1. The Labute approximate surface area is 160 Å². The van der Waals surface area contributed by atoms with Crippen LogP contribution in [-0.4, -0.2) is 50.3 Å². The van der Waals surface area contributed by atoms with Crippen LogP contribution in [0.1, 0.15) is 38.2 Å². The van der Waals surface area contributed by atoms with Crippen molar-refractivity contribution in [3.05, 3.63) is 29.8 Å². The highest BCUT2D eigenvalue weighted by Crippen LogP contribution is 2.30. The van der Waals surface area contributed by atoms with E-state index in [1.54, 1.807) is 0 Å². The van der Waals surface area contributed by atoms with E-state index in [9.17, 15) is 9.59 Å². The molecule has 0 radical (unpaired) electrons. The summed E-state index contributed by atoms with van der Waals surface area (Å²) < 4.78 is 5.39. The van der Waals surface area contributed by atoms with Crippen LogP contribution in [0, 0.1) is 0 Å². The highest BCUT2D eigenvalue weighted by atomic mass is 16.5. The fourth-order valence-corrected chi connectivity index (χ4v) is 3.81. The Morgan fingerprint density at radius 2 is 1.74 bits per heavy atom. The van der Waals surface area contributed by atoms with Crippen LogP contribution in [-0.2, 0) is 16.1 Å². The van der Waals surface area contributed by atoms with E-state index >= 15 is 0 Å². The van der Waals surface area contributed by atoms with Crippen LogP contribution in [0.5, 0.6) is 0 Å². The van der Waals surface area contributed by atoms with Crippen LogP contribution >= 0.6 is 0 Å². The molecule has 3 amide bonds. The predicted octanol–water partition coefficient (Wildman–Crippen LogP) is 1.77. The van der Waals surface area contributed by atoms with Gasteiger partial charge in [0.05, 0.1) is 13.2 Å². The van der Waals surface area contributed by atoms with E-state index in [0.717, 1.165) is 44.7 Å². The second kappa shape index (κ2) is 9.08. The number of carbonyl (C=O) groups is 2. The van der Waals surface area contributed by atoms with Gasteiger partial charge in [-0.1, -0.05) is 25.0 Å². The molecule has 7 heteroatoms. The van der Waals surface area contributed by atoms with Gasteiger partial charge in [-0.25, -0.2) is 4.79 Å². The zero-order chi connectivity index (χ0) is 19.1. The molecule has 27 heavy (non-hydrogen) atoms. The number of anilines is 1. The molecule has 0 bridgehead atoms. The number of morpholine rings is 1. The Kier molecular flexibility index (Phi) is 6.55. The number of hydrogen-bond donors (Lipinski definition) is 3. The summed E-state index contributed by atoms with van der Waals surface area (Å²) in [5.74, 6) is -0.0940. The average molecular weight is 374 g/mol. The minimum atomic E-state index is -0.785. The van der Waals surface area contributed by atoms with Crippen molar-refractivity contribution in [3.8, 4) is 0 Å².